The Balaban J connectivity index is 2.00. The van der Waals surface area contributed by atoms with Crippen LogP contribution in [0.1, 0.15) is 27.7 Å². The Hall–Kier alpha value is -1.55. The number of carbonyl (C=O) groups excluding carboxylic acids is 1. The Bertz CT molecular complexity index is 444. The van der Waals surface area contributed by atoms with Gasteiger partial charge < -0.3 is 14.4 Å². The molecule has 4 nitrogen and oxygen atoms in total. The minimum absolute atomic E-state index is 0.0356. The molecule has 4 heteroatoms. The SMILES string of the molecule is CC1OC(C)(C)N(C(=O)COc2ccccc2)C1C. The Morgan fingerprint density at radius 3 is 2.47 bits per heavy atom. The molecule has 2 rings (SSSR count). The van der Waals surface area contributed by atoms with Crippen LogP contribution in [0.5, 0.6) is 5.75 Å². The zero-order chi connectivity index (χ0) is 14.0. The quantitative estimate of drug-likeness (QED) is 0.840. The molecule has 1 heterocycles. The van der Waals surface area contributed by atoms with E-state index in [1.807, 2.05) is 58.0 Å². The Kier molecular flexibility index (Phi) is 3.80. The molecule has 0 saturated carbocycles. The van der Waals surface area contributed by atoms with Gasteiger partial charge in [0.2, 0.25) is 0 Å². The fraction of sp³-hybridized carbons (Fsp3) is 0.533. The van der Waals surface area contributed by atoms with Crippen LogP contribution in [-0.2, 0) is 9.53 Å². The van der Waals surface area contributed by atoms with E-state index in [4.69, 9.17) is 9.47 Å². The molecule has 1 aliphatic heterocycles. The second-order valence-electron chi connectivity index (χ2n) is 5.38. The molecular weight excluding hydrogens is 242 g/mol. The lowest BCUT2D eigenvalue weighted by Gasteiger charge is -2.32. The van der Waals surface area contributed by atoms with Crippen molar-refractivity contribution in [1.82, 2.24) is 4.90 Å². The summed E-state index contributed by atoms with van der Waals surface area (Å²) >= 11 is 0. The van der Waals surface area contributed by atoms with Crippen molar-refractivity contribution in [3.63, 3.8) is 0 Å². The predicted molar refractivity (Wildman–Crippen MR) is 72.9 cm³/mol. The molecular formula is C15H21NO3. The number of amides is 1. The van der Waals surface area contributed by atoms with Crippen LogP contribution in [0.3, 0.4) is 0 Å². The monoisotopic (exact) mass is 263 g/mol. The molecule has 2 unspecified atom stereocenters. The van der Waals surface area contributed by atoms with Crippen LogP contribution in [0.2, 0.25) is 0 Å². The second-order valence-corrected chi connectivity index (χ2v) is 5.38. The first-order valence-electron chi connectivity index (χ1n) is 6.59. The molecule has 1 fully saturated rings. The second kappa shape index (κ2) is 5.21. The Labute approximate surface area is 114 Å². The maximum absolute atomic E-state index is 12.3. The Morgan fingerprint density at radius 2 is 1.95 bits per heavy atom. The van der Waals surface area contributed by atoms with Gasteiger partial charge in [0.25, 0.3) is 5.91 Å². The highest BCUT2D eigenvalue weighted by Gasteiger charge is 2.45. The molecule has 19 heavy (non-hydrogen) atoms. The van der Waals surface area contributed by atoms with Crippen LogP contribution < -0.4 is 4.74 Å². The first-order chi connectivity index (χ1) is 8.92. The highest BCUT2D eigenvalue weighted by atomic mass is 16.5. The third kappa shape index (κ3) is 2.89. The number of nitrogens with zero attached hydrogens (tertiary/aromatic N) is 1. The van der Waals surface area contributed by atoms with Gasteiger partial charge in [0.05, 0.1) is 12.1 Å². The molecule has 104 valence electrons. The lowest BCUT2D eigenvalue weighted by atomic mass is 10.1. The van der Waals surface area contributed by atoms with Gasteiger partial charge >= 0.3 is 0 Å². The highest BCUT2D eigenvalue weighted by molar-refractivity contribution is 5.79. The first-order valence-corrected chi connectivity index (χ1v) is 6.59. The molecule has 0 bridgehead atoms. The van der Waals surface area contributed by atoms with Crippen LogP contribution in [0, 0.1) is 0 Å². The summed E-state index contributed by atoms with van der Waals surface area (Å²) in [6.07, 6.45) is 0.0377. The minimum atomic E-state index is -0.573. The maximum atomic E-state index is 12.3. The van der Waals surface area contributed by atoms with Crippen molar-refractivity contribution in [1.29, 1.82) is 0 Å². The van der Waals surface area contributed by atoms with Crippen molar-refractivity contribution in [3.8, 4) is 5.75 Å². The summed E-state index contributed by atoms with van der Waals surface area (Å²) in [5, 5.41) is 0. The van der Waals surface area contributed by atoms with Crippen molar-refractivity contribution in [2.75, 3.05) is 6.61 Å². The zero-order valence-electron chi connectivity index (χ0n) is 11.9. The van der Waals surface area contributed by atoms with E-state index in [-0.39, 0.29) is 24.7 Å². The largest absolute Gasteiger partial charge is 0.484 e. The van der Waals surface area contributed by atoms with E-state index in [2.05, 4.69) is 0 Å². The number of para-hydroxylation sites is 1. The molecule has 2 atom stereocenters. The standard InChI is InChI=1S/C15H21NO3/c1-11-12(2)19-15(3,4)16(11)14(17)10-18-13-8-6-5-7-9-13/h5-9,11-12H,10H2,1-4H3. The van der Waals surface area contributed by atoms with Gasteiger partial charge in [0.15, 0.2) is 6.61 Å². The summed E-state index contributed by atoms with van der Waals surface area (Å²) in [5.74, 6) is 0.653. The smallest absolute Gasteiger partial charge is 0.263 e. The summed E-state index contributed by atoms with van der Waals surface area (Å²) in [6.45, 7) is 7.84. The highest BCUT2D eigenvalue weighted by Crippen LogP contribution is 2.31. The molecule has 1 aliphatic rings. The van der Waals surface area contributed by atoms with Gasteiger partial charge in [-0.05, 0) is 39.8 Å². The first kappa shape index (κ1) is 13.9. The molecule has 1 saturated heterocycles. The number of rotatable bonds is 3. The van der Waals surface area contributed by atoms with Crippen molar-refractivity contribution in [2.24, 2.45) is 0 Å². The molecule has 0 aliphatic carbocycles. The van der Waals surface area contributed by atoms with Gasteiger partial charge in [0, 0.05) is 0 Å². The summed E-state index contributed by atoms with van der Waals surface area (Å²) in [6, 6.07) is 9.41. The zero-order valence-corrected chi connectivity index (χ0v) is 11.9. The van der Waals surface area contributed by atoms with Crippen LogP contribution in [-0.4, -0.2) is 35.3 Å². The lowest BCUT2D eigenvalue weighted by molar-refractivity contribution is -0.149. The summed E-state index contributed by atoms with van der Waals surface area (Å²) < 4.78 is 11.3. The van der Waals surface area contributed by atoms with E-state index >= 15 is 0 Å². The third-order valence-electron chi connectivity index (χ3n) is 3.52. The number of benzene rings is 1. The van der Waals surface area contributed by atoms with Crippen molar-refractivity contribution in [3.05, 3.63) is 30.3 Å². The van der Waals surface area contributed by atoms with E-state index in [9.17, 15) is 4.79 Å². The van der Waals surface area contributed by atoms with Crippen LogP contribution >= 0.6 is 0 Å². The van der Waals surface area contributed by atoms with Crippen molar-refractivity contribution in [2.45, 2.75) is 45.6 Å². The van der Waals surface area contributed by atoms with Crippen LogP contribution in [0.4, 0.5) is 0 Å². The average molecular weight is 263 g/mol. The van der Waals surface area contributed by atoms with Gasteiger partial charge in [-0.15, -0.1) is 0 Å². The fourth-order valence-corrected chi connectivity index (χ4v) is 2.57. The third-order valence-corrected chi connectivity index (χ3v) is 3.52. The number of ether oxygens (including phenoxy) is 2. The van der Waals surface area contributed by atoms with E-state index in [0.717, 1.165) is 0 Å². The molecule has 0 spiro atoms. The molecule has 0 N–H and O–H groups in total. The predicted octanol–water partition coefficient (Wildman–Crippen LogP) is 2.44. The van der Waals surface area contributed by atoms with E-state index in [0.29, 0.717) is 5.75 Å². The normalized spacial score (nSPS) is 25.4. The number of carbonyl (C=O) groups is 1. The van der Waals surface area contributed by atoms with Gasteiger partial charge in [-0.25, -0.2) is 0 Å². The summed E-state index contributed by atoms with van der Waals surface area (Å²) in [5.41, 5.74) is -0.573. The molecule has 1 aromatic rings. The topological polar surface area (TPSA) is 38.8 Å². The van der Waals surface area contributed by atoms with E-state index in [1.165, 1.54) is 0 Å². The molecule has 0 radical (unpaired) electrons. The average Bonchev–Trinajstić information content (AvgIpc) is 2.57. The van der Waals surface area contributed by atoms with Crippen LogP contribution in [0.15, 0.2) is 30.3 Å². The van der Waals surface area contributed by atoms with E-state index in [1.54, 1.807) is 4.90 Å². The lowest BCUT2D eigenvalue weighted by Crippen LogP contribution is -2.49. The van der Waals surface area contributed by atoms with Gasteiger partial charge in [0.1, 0.15) is 11.5 Å². The summed E-state index contributed by atoms with van der Waals surface area (Å²) in [4.78, 5) is 14.1. The maximum Gasteiger partial charge on any atom is 0.263 e. The van der Waals surface area contributed by atoms with Gasteiger partial charge in [-0.3, -0.25) is 4.79 Å². The minimum Gasteiger partial charge on any atom is -0.484 e. The van der Waals surface area contributed by atoms with Crippen LogP contribution in [0.25, 0.3) is 0 Å². The Morgan fingerprint density at radius 1 is 1.32 bits per heavy atom. The van der Waals surface area contributed by atoms with Gasteiger partial charge in [-0.1, -0.05) is 18.2 Å². The van der Waals surface area contributed by atoms with Crippen molar-refractivity contribution >= 4 is 5.91 Å². The van der Waals surface area contributed by atoms with E-state index < -0.39 is 5.72 Å². The molecule has 1 amide bonds. The number of hydrogen-bond donors (Lipinski definition) is 0. The summed E-state index contributed by atoms with van der Waals surface area (Å²) in [7, 11) is 0. The molecule has 1 aromatic carbocycles. The van der Waals surface area contributed by atoms with Gasteiger partial charge in [-0.2, -0.15) is 0 Å². The molecule has 0 aromatic heterocycles. The number of hydrogen-bond acceptors (Lipinski definition) is 3. The van der Waals surface area contributed by atoms with Crippen molar-refractivity contribution < 1.29 is 14.3 Å². The fourth-order valence-electron chi connectivity index (χ4n) is 2.57.